The van der Waals surface area contributed by atoms with Gasteiger partial charge >= 0.3 is 5.97 Å². The number of phenolic OH excluding ortho intramolecular Hbond substituents is 1. The molecule has 0 aliphatic rings. The summed E-state index contributed by atoms with van der Waals surface area (Å²) in [5.74, 6) is -2.60. The van der Waals surface area contributed by atoms with E-state index in [2.05, 4.69) is 4.98 Å². The van der Waals surface area contributed by atoms with Gasteiger partial charge in [-0.15, -0.1) is 0 Å². The highest BCUT2D eigenvalue weighted by Gasteiger charge is 2.18. The second-order valence-electron chi connectivity index (χ2n) is 3.98. The van der Waals surface area contributed by atoms with Crippen LogP contribution in [0.1, 0.15) is 10.4 Å². The second kappa shape index (κ2) is 5.37. The molecule has 0 atom stereocenters. The molecule has 0 saturated carbocycles. The van der Waals surface area contributed by atoms with Gasteiger partial charge in [0.15, 0.2) is 0 Å². The summed E-state index contributed by atoms with van der Waals surface area (Å²) >= 11 is 0. The number of carbonyl (C=O) groups is 1. The van der Waals surface area contributed by atoms with Crippen molar-refractivity contribution in [2.75, 3.05) is 4.72 Å². The van der Waals surface area contributed by atoms with Crippen LogP contribution in [0.25, 0.3) is 0 Å². The highest BCUT2D eigenvalue weighted by Crippen LogP contribution is 2.27. The van der Waals surface area contributed by atoms with Crippen LogP contribution in [0.15, 0.2) is 41.6 Å². The van der Waals surface area contributed by atoms with E-state index in [1.165, 1.54) is 0 Å². The van der Waals surface area contributed by atoms with Crippen molar-refractivity contribution < 1.29 is 27.8 Å². The van der Waals surface area contributed by atoms with Gasteiger partial charge in [0.1, 0.15) is 16.5 Å². The first kappa shape index (κ1) is 14.7. The van der Waals surface area contributed by atoms with Crippen molar-refractivity contribution in [1.29, 1.82) is 0 Å². The van der Waals surface area contributed by atoms with Crippen LogP contribution in [0.4, 0.5) is 10.1 Å². The van der Waals surface area contributed by atoms with Crippen molar-refractivity contribution in [3.63, 3.8) is 0 Å². The monoisotopic (exact) mass is 312 g/mol. The molecule has 21 heavy (non-hydrogen) atoms. The molecule has 0 aliphatic heterocycles. The molecular weight excluding hydrogens is 303 g/mol. The van der Waals surface area contributed by atoms with E-state index in [0.717, 1.165) is 36.7 Å². The van der Waals surface area contributed by atoms with Crippen LogP contribution >= 0.6 is 0 Å². The summed E-state index contributed by atoms with van der Waals surface area (Å²) in [4.78, 5) is 13.8. The van der Waals surface area contributed by atoms with Gasteiger partial charge in [-0.25, -0.2) is 17.6 Å². The second-order valence-corrected chi connectivity index (χ2v) is 5.66. The number of carboxylic acid groups (broad SMARTS) is 1. The van der Waals surface area contributed by atoms with E-state index < -0.39 is 32.5 Å². The van der Waals surface area contributed by atoms with E-state index in [1.54, 1.807) is 0 Å². The summed E-state index contributed by atoms with van der Waals surface area (Å²) in [6.07, 6.45) is 1.76. The van der Waals surface area contributed by atoms with Gasteiger partial charge in [0.2, 0.25) is 0 Å². The van der Waals surface area contributed by atoms with Crippen molar-refractivity contribution in [3.8, 4) is 5.75 Å². The SMILES string of the molecule is O=C(O)c1ccc(O)c(NS(=O)(=O)c2cncc(F)c2)c1. The van der Waals surface area contributed by atoms with E-state index >= 15 is 0 Å². The lowest BCUT2D eigenvalue weighted by Gasteiger charge is -2.10. The molecule has 2 rings (SSSR count). The number of hydrogen-bond donors (Lipinski definition) is 3. The lowest BCUT2D eigenvalue weighted by atomic mass is 10.2. The first-order valence-corrected chi connectivity index (χ1v) is 6.97. The van der Waals surface area contributed by atoms with E-state index in [1.807, 2.05) is 4.72 Å². The average molecular weight is 312 g/mol. The number of nitrogens with one attached hydrogen (secondary N) is 1. The maximum absolute atomic E-state index is 13.0. The number of aromatic nitrogens is 1. The standard InChI is InChI=1S/C12H9FN2O5S/c13-8-4-9(6-14-5-8)21(19,20)15-10-3-7(12(17)18)1-2-11(10)16/h1-6,15-16H,(H,17,18). The number of hydrogen-bond acceptors (Lipinski definition) is 5. The van der Waals surface area contributed by atoms with E-state index in [0.29, 0.717) is 0 Å². The van der Waals surface area contributed by atoms with Gasteiger partial charge in [-0.3, -0.25) is 9.71 Å². The van der Waals surface area contributed by atoms with Crippen molar-refractivity contribution in [2.45, 2.75) is 4.90 Å². The fourth-order valence-corrected chi connectivity index (χ4v) is 2.53. The normalized spacial score (nSPS) is 11.1. The smallest absolute Gasteiger partial charge is 0.335 e. The molecule has 0 saturated heterocycles. The van der Waals surface area contributed by atoms with Gasteiger partial charge in [-0.2, -0.15) is 0 Å². The summed E-state index contributed by atoms with van der Waals surface area (Å²) in [6.45, 7) is 0. The van der Waals surface area contributed by atoms with Gasteiger partial charge in [0, 0.05) is 6.20 Å². The highest BCUT2D eigenvalue weighted by atomic mass is 32.2. The first-order chi connectivity index (χ1) is 9.79. The predicted octanol–water partition coefficient (Wildman–Crippen LogP) is 1.43. The zero-order valence-electron chi connectivity index (χ0n) is 10.3. The number of benzene rings is 1. The Hall–Kier alpha value is -2.68. The van der Waals surface area contributed by atoms with E-state index in [-0.39, 0.29) is 11.3 Å². The molecule has 0 amide bonds. The summed E-state index contributed by atoms with van der Waals surface area (Å²) in [7, 11) is -4.21. The van der Waals surface area contributed by atoms with Crippen LogP contribution in [0.5, 0.6) is 5.75 Å². The van der Waals surface area contributed by atoms with Gasteiger partial charge in [0.05, 0.1) is 17.4 Å². The molecule has 0 spiro atoms. The molecule has 0 aliphatic carbocycles. The molecule has 3 N–H and O–H groups in total. The number of halogens is 1. The Bertz CT molecular complexity index is 807. The van der Waals surface area contributed by atoms with Gasteiger partial charge < -0.3 is 10.2 Å². The van der Waals surface area contributed by atoms with Crippen LogP contribution in [0.3, 0.4) is 0 Å². The molecule has 1 heterocycles. The van der Waals surface area contributed by atoms with Crippen molar-refractivity contribution in [3.05, 3.63) is 48.0 Å². The predicted molar refractivity (Wildman–Crippen MR) is 70.1 cm³/mol. The maximum Gasteiger partial charge on any atom is 0.335 e. The lowest BCUT2D eigenvalue weighted by Crippen LogP contribution is -2.14. The molecule has 9 heteroatoms. The largest absolute Gasteiger partial charge is 0.506 e. The molecule has 1 aromatic carbocycles. The number of carboxylic acids is 1. The first-order valence-electron chi connectivity index (χ1n) is 5.49. The minimum Gasteiger partial charge on any atom is -0.506 e. The molecule has 2 aromatic rings. The van der Waals surface area contributed by atoms with Crippen molar-refractivity contribution in [1.82, 2.24) is 4.98 Å². The minimum atomic E-state index is -4.21. The zero-order valence-corrected chi connectivity index (χ0v) is 11.1. The number of rotatable bonds is 4. The molecule has 7 nitrogen and oxygen atoms in total. The Morgan fingerprint density at radius 3 is 2.57 bits per heavy atom. The molecule has 110 valence electrons. The maximum atomic E-state index is 13.0. The zero-order chi connectivity index (χ0) is 15.6. The van der Waals surface area contributed by atoms with E-state index in [9.17, 15) is 22.7 Å². The molecule has 0 unspecified atom stereocenters. The lowest BCUT2D eigenvalue weighted by molar-refractivity contribution is 0.0697. The number of sulfonamides is 1. The number of anilines is 1. The summed E-state index contributed by atoms with van der Waals surface area (Å²) in [5, 5.41) is 18.4. The Morgan fingerprint density at radius 2 is 1.95 bits per heavy atom. The molecule has 1 aromatic heterocycles. The number of aromatic carboxylic acids is 1. The van der Waals surface area contributed by atoms with Crippen LogP contribution in [-0.4, -0.2) is 29.6 Å². The van der Waals surface area contributed by atoms with E-state index in [4.69, 9.17) is 5.11 Å². The quantitative estimate of drug-likeness (QED) is 0.735. The highest BCUT2D eigenvalue weighted by molar-refractivity contribution is 7.92. The molecular formula is C12H9FN2O5S. The summed E-state index contributed by atoms with van der Waals surface area (Å²) in [6, 6.07) is 3.83. The Morgan fingerprint density at radius 1 is 1.24 bits per heavy atom. The third kappa shape index (κ3) is 3.26. The summed E-state index contributed by atoms with van der Waals surface area (Å²) < 4.78 is 39.0. The van der Waals surface area contributed by atoms with Crippen LogP contribution in [0, 0.1) is 5.82 Å². The number of pyridine rings is 1. The Balaban J connectivity index is 2.41. The number of aromatic hydroxyl groups is 1. The summed E-state index contributed by atoms with van der Waals surface area (Å²) in [5.41, 5.74) is -0.554. The topological polar surface area (TPSA) is 117 Å². The van der Waals surface area contributed by atoms with Crippen LogP contribution in [0.2, 0.25) is 0 Å². The Kier molecular flexibility index (Phi) is 3.76. The molecule has 0 radical (unpaired) electrons. The number of phenols is 1. The third-order valence-corrected chi connectivity index (χ3v) is 3.81. The minimum absolute atomic E-state index is 0.220. The van der Waals surface area contributed by atoms with Crippen molar-refractivity contribution in [2.24, 2.45) is 0 Å². The molecule has 0 bridgehead atoms. The molecule has 0 fully saturated rings. The van der Waals surface area contributed by atoms with Crippen LogP contribution < -0.4 is 4.72 Å². The Labute approximate surface area is 118 Å². The fraction of sp³-hybridized carbons (Fsp3) is 0. The van der Waals surface area contributed by atoms with Gasteiger partial charge in [-0.1, -0.05) is 0 Å². The van der Waals surface area contributed by atoms with Gasteiger partial charge in [-0.05, 0) is 24.3 Å². The van der Waals surface area contributed by atoms with Gasteiger partial charge in [0.25, 0.3) is 10.0 Å². The fourth-order valence-electron chi connectivity index (χ4n) is 1.49. The average Bonchev–Trinajstić information content (AvgIpc) is 2.41. The van der Waals surface area contributed by atoms with Crippen LogP contribution in [-0.2, 0) is 10.0 Å². The van der Waals surface area contributed by atoms with Crippen molar-refractivity contribution >= 4 is 21.7 Å². The number of nitrogens with zero attached hydrogens (tertiary/aromatic N) is 1. The third-order valence-electron chi connectivity index (χ3n) is 2.48.